The SMILES string of the molecule is CSCCOC[C@H](Cc1ccc(C)cc1)n1c(=N)n(Cc2ccc(C)cc2)c2ccccc21. The zero-order chi connectivity index (χ0) is 23.2. The Bertz CT molecular complexity index is 1240. The molecule has 0 spiro atoms. The molecule has 4 aromatic rings. The first kappa shape index (κ1) is 23.4. The molecular weight excluding hydrogens is 426 g/mol. The van der Waals surface area contributed by atoms with Crippen molar-refractivity contribution >= 4 is 22.8 Å². The standard InChI is InChI=1S/C28H33N3OS/c1-21-8-12-23(13-9-21)18-25(20-32-16-17-33-3)31-27-7-5-4-6-26(27)30(28(31)29)19-24-14-10-22(2)11-15-24/h4-15,25,29H,16-20H2,1-3H3/t25-/m0/s1. The molecule has 3 aromatic carbocycles. The van der Waals surface area contributed by atoms with E-state index in [-0.39, 0.29) is 6.04 Å². The molecule has 0 fully saturated rings. The van der Waals surface area contributed by atoms with Gasteiger partial charge < -0.3 is 13.9 Å². The van der Waals surface area contributed by atoms with Gasteiger partial charge in [-0.25, -0.2) is 0 Å². The summed E-state index contributed by atoms with van der Waals surface area (Å²) in [6, 6.07) is 25.7. The first-order valence-corrected chi connectivity index (χ1v) is 12.9. The van der Waals surface area contributed by atoms with Crippen LogP contribution in [0.5, 0.6) is 0 Å². The van der Waals surface area contributed by atoms with Crippen LogP contribution in [0.25, 0.3) is 11.0 Å². The molecule has 1 aromatic heterocycles. The molecule has 5 heteroatoms. The van der Waals surface area contributed by atoms with Gasteiger partial charge in [-0.1, -0.05) is 71.8 Å². The van der Waals surface area contributed by atoms with Crippen molar-refractivity contribution in [1.82, 2.24) is 9.13 Å². The van der Waals surface area contributed by atoms with Gasteiger partial charge in [-0.05, 0) is 49.8 Å². The monoisotopic (exact) mass is 459 g/mol. The van der Waals surface area contributed by atoms with Crippen LogP contribution in [0.15, 0.2) is 72.8 Å². The van der Waals surface area contributed by atoms with Crippen LogP contribution in [0.1, 0.15) is 28.3 Å². The number of nitrogens with zero attached hydrogens (tertiary/aromatic N) is 2. The van der Waals surface area contributed by atoms with Crippen molar-refractivity contribution in [2.24, 2.45) is 0 Å². The number of fused-ring (bicyclic) bond motifs is 1. The second kappa shape index (κ2) is 10.9. The van der Waals surface area contributed by atoms with Crippen LogP contribution in [-0.2, 0) is 17.7 Å². The lowest BCUT2D eigenvalue weighted by molar-refractivity contribution is 0.114. The highest BCUT2D eigenvalue weighted by Gasteiger charge is 2.20. The van der Waals surface area contributed by atoms with Crippen molar-refractivity contribution in [3.05, 3.63) is 101 Å². The van der Waals surface area contributed by atoms with E-state index in [4.69, 9.17) is 4.74 Å². The van der Waals surface area contributed by atoms with Crippen molar-refractivity contribution in [2.75, 3.05) is 25.2 Å². The normalized spacial score (nSPS) is 12.3. The molecule has 1 atom stereocenters. The number of para-hydroxylation sites is 2. The average Bonchev–Trinajstić information content (AvgIpc) is 3.10. The van der Waals surface area contributed by atoms with E-state index in [1.54, 1.807) is 11.8 Å². The molecule has 4 nitrogen and oxygen atoms in total. The maximum Gasteiger partial charge on any atom is 0.203 e. The molecule has 0 saturated carbocycles. The number of nitrogens with one attached hydrogen (secondary N) is 1. The lowest BCUT2D eigenvalue weighted by Gasteiger charge is -2.20. The highest BCUT2D eigenvalue weighted by Crippen LogP contribution is 2.22. The van der Waals surface area contributed by atoms with E-state index in [2.05, 4.69) is 102 Å². The van der Waals surface area contributed by atoms with E-state index in [9.17, 15) is 5.41 Å². The Morgan fingerprint density at radius 3 is 2.09 bits per heavy atom. The molecule has 0 amide bonds. The smallest absolute Gasteiger partial charge is 0.203 e. The maximum atomic E-state index is 9.18. The number of hydrogen-bond donors (Lipinski definition) is 1. The Kier molecular flexibility index (Phi) is 7.73. The van der Waals surface area contributed by atoms with E-state index >= 15 is 0 Å². The Hall–Kier alpha value is -2.76. The van der Waals surface area contributed by atoms with Gasteiger partial charge in [0.2, 0.25) is 5.62 Å². The summed E-state index contributed by atoms with van der Waals surface area (Å²) in [7, 11) is 0. The Morgan fingerprint density at radius 1 is 0.848 bits per heavy atom. The van der Waals surface area contributed by atoms with Gasteiger partial charge in [0, 0.05) is 5.75 Å². The number of aromatic nitrogens is 2. The highest BCUT2D eigenvalue weighted by molar-refractivity contribution is 7.98. The van der Waals surface area contributed by atoms with Crippen molar-refractivity contribution in [3.8, 4) is 0 Å². The Morgan fingerprint density at radius 2 is 1.45 bits per heavy atom. The van der Waals surface area contributed by atoms with Gasteiger partial charge in [0.1, 0.15) is 0 Å². The molecule has 1 N–H and O–H groups in total. The van der Waals surface area contributed by atoms with Gasteiger partial charge in [0.25, 0.3) is 0 Å². The molecule has 0 aliphatic rings. The van der Waals surface area contributed by atoms with Gasteiger partial charge in [-0.3, -0.25) is 5.41 Å². The van der Waals surface area contributed by atoms with Crippen molar-refractivity contribution in [2.45, 2.75) is 32.9 Å². The summed E-state index contributed by atoms with van der Waals surface area (Å²) in [4.78, 5) is 0. The minimum atomic E-state index is 0.0474. The fraction of sp³-hybridized carbons (Fsp3) is 0.321. The van der Waals surface area contributed by atoms with Crippen LogP contribution in [0.2, 0.25) is 0 Å². The van der Waals surface area contributed by atoms with Gasteiger partial charge in [-0.2, -0.15) is 11.8 Å². The van der Waals surface area contributed by atoms with Gasteiger partial charge in [0.05, 0.1) is 36.8 Å². The molecule has 0 unspecified atom stereocenters. The molecule has 0 radical (unpaired) electrons. The fourth-order valence-electron chi connectivity index (χ4n) is 4.24. The van der Waals surface area contributed by atoms with E-state index in [1.807, 2.05) is 0 Å². The molecule has 0 aliphatic heterocycles. The fourth-order valence-corrected chi connectivity index (χ4v) is 4.53. The minimum Gasteiger partial charge on any atom is -0.378 e. The molecule has 0 aliphatic carbocycles. The topological polar surface area (TPSA) is 42.9 Å². The second-order valence-electron chi connectivity index (χ2n) is 8.67. The van der Waals surface area contributed by atoms with E-state index in [1.165, 1.54) is 22.3 Å². The number of aryl methyl sites for hydroxylation is 2. The van der Waals surface area contributed by atoms with Crippen LogP contribution in [0, 0.1) is 19.3 Å². The van der Waals surface area contributed by atoms with Crippen molar-refractivity contribution in [1.29, 1.82) is 5.41 Å². The van der Waals surface area contributed by atoms with Crippen LogP contribution < -0.4 is 5.62 Å². The van der Waals surface area contributed by atoms with Gasteiger partial charge in [0.15, 0.2) is 0 Å². The third-order valence-electron chi connectivity index (χ3n) is 6.08. The molecule has 172 valence electrons. The Balaban J connectivity index is 1.74. The molecule has 0 saturated heterocycles. The zero-order valence-corrected chi connectivity index (χ0v) is 20.6. The first-order valence-electron chi connectivity index (χ1n) is 11.5. The molecule has 1 heterocycles. The van der Waals surface area contributed by atoms with Crippen molar-refractivity contribution < 1.29 is 4.74 Å². The average molecular weight is 460 g/mol. The summed E-state index contributed by atoms with van der Waals surface area (Å²) >= 11 is 1.79. The number of imidazole rings is 1. The summed E-state index contributed by atoms with van der Waals surface area (Å²) in [5.41, 5.74) is 7.66. The maximum absolute atomic E-state index is 9.18. The van der Waals surface area contributed by atoms with Crippen LogP contribution >= 0.6 is 11.8 Å². The summed E-state index contributed by atoms with van der Waals surface area (Å²) < 4.78 is 10.4. The van der Waals surface area contributed by atoms with E-state index in [0.29, 0.717) is 18.8 Å². The van der Waals surface area contributed by atoms with E-state index in [0.717, 1.165) is 29.8 Å². The third-order valence-corrected chi connectivity index (χ3v) is 6.65. The summed E-state index contributed by atoms with van der Waals surface area (Å²) in [6.45, 7) is 6.20. The predicted molar refractivity (Wildman–Crippen MR) is 139 cm³/mol. The lowest BCUT2D eigenvalue weighted by Crippen LogP contribution is -2.31. The predicted octanol–water partition coefficient (Wildman–Crippen LogP) is 5.75. The lowest BCUT2D eigenvalue weighted by atomic mass is 10.0. The number of thioether (sulfide) groups is 1. The van der Waals surface area contributed by atoms with Crippen LogP contribution in [-0.4, -0.2) is 34.4 Å². The zero-order valence-electron chi connectivity index (χ0n) is 19.8. The van der Waals surface area contributed by atoms with E-state index < -0.39 is 0 Å². The molecular formula is C28H33N3OS. The first-order chi connectivity index (χ1) is 16.1. The summed E-state index contributed by atoms with van der Waals surface area (Å²) in [6.07, 6.45) is 2.93. The summed E-state index contributed by atoms with van der Waals surface area (Å²) in [5, 5.41) is 9.18. The number of rotatable bonds is 10. The summed E-state index contributed by atoms with van der Waals surface area (Å²) in [5.74, 6) is 0.977. The second-order valence-corrected chi connectivity index (χ2v) is 9.65. The third kappa shape index (κ3) is 5.60. The van der Waals surface area contributed by atoms with Crippen LogP contribution in [0.3, 0.4) is 0 Å². The number of benzene rings is 3. The largest absolute Gasteiger partial charge is 0.378 e. The Labute approximate surface area is 200 Å². The van der Waals surface area contributed by atoms with Gasteiger partial charge in [-0.15, -0.1) is 0 Å². The molecule has 0 bridgehead atoms. The van der Waals surface area contributed by atoms with Gasteiger partial charge >= 0.3 is 0 Å². The number of ether oxygens (including phenoxy) is 1. The highest BCUT2D eigenvalue weighted by atomic mass is 32.2. The molecule has 33 heavy (non-hydrogen) atoms. The van der Waals surface area contributed by atoms with Crippen LogP contribution in [0.4, 0.5) is 0 Å². The minimum absolute atomic E-state index is 0.0474. The molecule has 4 rings (SSSR count). The number of hydrogen-bond acceptors (Lipinski definition) is 3. The van der Waals surface area contributed by atoms with Crippen molar-refractivity contribution in [3.63, 3.8) is 0 Å². The quantitative estimate of drug-likeness (QED) is 0.307.